The molecule has 2 aliphatic rings. The van der Waals surface area contributed by atoms with E-state index in [-0.39, 0.29) is 40.3 Å². The van der Waals surface area contributed by atoms with Gasteiger partial charge in [0.15, 0.2) is 0 Å². The molecule has 0 saturated heterocycles. The van der Waals surface area contributed by atoms with E-state index < -0.39 is 17.9 Å². The fourth-order valence-corrected chi connectivity index (χ4v) is 5.18. The Morgan fingerprint density at radius 2 is 2.08 bits per heavy atom. The van der Waals surface area contributed by atoms with Crippen LogP contribution >= 0.6 is 23.2 Å². The van der Waals surface area contributed by atoms with Crippen molar-refractivity contribution in [3.05, 3.63) is 56.7 Å². The minimum Gasteiger partial charge on any atom is -0.480 e. The average Bonchev–Trinajstić information content (AvgIpc) is 2.84. The normalized spacial score (nSPS) is 19.2. The number of carboxylic acids is 1. The molecule has 0 bridgehead atoms. The summed E-state index contributed by atoms with van der Waals surface area (Å²) in [6.45, 7) is 1.18. The summed E-state index contributed by atoms with van der Waals surface area (Å²) in [4.78, 5) is 29.1. The second kappa shape index (κ2) is 11.9. The number of hydrogen-bond donors (Lipinski definition) is 3. The fourth-order valence-electron chi connectivity index (χ4n) is 4.59. The van der Waals surface area contributed by atoms with Crippen LogP contribution in [0.2, 0.25) is 10.0 Å². The Hall–Kier alpha value is -2.86. The van der Waals surface area contributed by atoms with Crippen LogP contribution in [-0.4, -0.2) is 47.3 Å². The molecule has 1 aromatic heterocycles. The zero-order chi connectivity index (χ0) is 25.7. The van der Waals surface area contributed by atoms with Crippen LogP contribution in [-0.2, 0) is 22.4 Å². The predicted molar refractivity (Wildman–Crippen MR) is 137 cm³/mol. The number of ether oxygens (including phenoxy) is 1. The molecule has 0 radical (unpaired) electrons. The zero-order valence-corrected chi connectivity index (χ0v) is 21.2. The number of anilines is 1. The van der Waals surface area contributed by atoms with Crippen molar-refractivity contribution in [3.63, 3.8) is 0 Å². The number of nitriles is 1. The first-order valence-corrected chi connectivity index (χ1v) is 12.9. The van der Waals surface area contributed by atoms with Gasteiger partial charge in [0.1, 0.15) is 17.9 Å². The van der Waals surface area contributed by atoms with E-state index in [0.29, 0.717) is 5.92 Å². The van der Waals surface area contributed by atoms with E-state index in [2.05, 4.69) is 22.8 Å². The van der Waals surface area contributed by atoms with Crippen LogP contribution in [0.3, 0.4) is 0 Å². The lowest BCUT2D eigenvalue weighted by Crippen LogP contribution is -2.42. The first-order valence-electron chi connectivity index (χ1n) is 12.1. The summed E-state index contributed by atoms with van der Waals surface area (Å²) >= 11 is 12.2. The number of nitrogens with zero attached hydrogens (tertiary/aromatic N) is 2. The second-order valence-corrected chi connectivity index (χ2v) is 10.0. The topological polar surface area (TPSA) is 124 Å². The number of nitrogens with one attached hydrogen (secondary N) is 2. The van der Waals surface area contributed by atoms with Crippen molar-refractivity contribution in [3.8, 4) is 6.07 Å². The molecule has 1 aliphatic heterocycles. The lowest BCUT2D eigenvalue weighted by Gasteiger charge is -2.35. The molecule has 4 rings (SSSR count). The summed E-state index contributed by atoms with van der Waals surface area (Å²) in [6.07, 6.45) is 6.26. The van der Waals surface area contributed by atoms with E-state index in [1.807, 2.05) is 6.07 Å². The number of aromatic nitrogens is 1. The lowest BCUT2D eigenvalue weighted by molar-refractivity contribution is -0.140. The van der Waals surface area contributed by atoms with E-state index in [4.69, 9.17) is 38.2 Å². The molecule has 3 N–H and O–H groups in total. The Morgan fingerprint density at radius 3 is 2.83 bits per heavy atom. The van der Waals surface area contributed by atoms with Crippen LogP contribution in [0.25, 0.3) is 0 Å². The lowest BCUT2D eigenvalue weighted by atomic mass is 9.79. The quantitative estimate of drug-likeness (QED) is 0.409. The number of halogens is 2. The van der Waals surface area contributed by atoms with Crippen molar-refractivity contribution in [2.45, 2.75) is 57.1 Å². The zero-order valence-electron chi connectivity index (χ0n) is 19.7. The van der Waals surface area contributed by atoms with Gasteiger partial charge in [-0.3, -0.25) is 4.79 Å². The smallest absolute Gasteiger partial charge is 0.326 e. The number of amides is 1. The van der Waals surface area contributed by atoms with Gasteiger partial charge in [-0.15, -0.1) is 0 Å². The van der Waals surface area contributed by atoms with Crippen LogP contribution in [0.5, 0.6) is 0 Å². The maximum atomic E-state index is 12.6. The van der Waals surface area contributed by atoms with Crippen molar-refractivity contribution in [1.29, 1.82) is 5.26 Å². The van der Waals surface area contributed by atoms with Crippen LogP contribution in [0.15, 0.2) is 24.3 Å². The monoisotopic (exact) mass is 530 g/mol. The summed E-state index contributed by atoms with van der Waals surface area (Å²) < 4.78 is 5.85. The predicted octanol–water partition coefficient (Wildman–Crippen LogP) is 4.62. The minimum atomic E-state index is -1.19. The molecule has 190 valence electrons. The summed E-state index contributed by atoms with van der Waals surface area (Å²) in [7, 11) is 0. The van der Waals surface area contributed by atoms with Gasteiger partial charge in [0.25, 0.3) is 5.91 Å². The van der Waals surface area contributed by atoms with Crippen molar-refractivity contribution >= 4 is 40.9 Å². The second-order valence-electron chi connectivity index (χ2n) is 9.26. The van der Waals surface area contributed by atoms with Gasteiger partial charge in [0.05, 0.1) is 27.3 Å². The number of aryl methyl sites for hydroxylation is 2. The molecule has 1 fully saturated rings. The molecule has 1 atom stereocenters. The molecule has 36 heavy (non-hydrogen) atoms. The Labute approximate surface area is 220 Å². The number of fused-ring (bicyclic) bond motifs is 1. The molecule has 0 unspecified atom stereocenters. The van der Waals surface area contributed by atoms with Crippen LogP contribution < -0.4 is 10.6 Å². The number of rotatable bonds is 10. The molecule has 2 aromatic rings. The molecule has 0 spiro atoms. The highest BCUT2D eigenvalue weighted by atomic mass is 35.5. The summed E-state index contributed by atoms with van der Waals surface area (Å²) in [5, 5.41) is 24.4. The number of carboxylic acid groups (broad SMARTS) is 1. The molecule has 2 heterocycles. The highest BCUT2D eigenvalue weighted by Crippen LogP contribution is 2.34. The Bertz CT molecular complexity index is 1180. The van der Waals surface area contributed by atoms with Gasteiger partial charge in [-0.1, -0.05) is 29.3 Å². The summed E-state index contributed by atoms with van der Waals surface area (Å²) in [6, 6.07) is 7.78. The molecule has 10 heteroatoms. The largest absolute Gasteiger partial charge is 0.480 e. The molecular formula is C26H28Cl2N4O4. The Kier molecular flexibility index (Phi) is 8.68. The van der Waals surface area contributed by atoms with Crippen molar-refractivity contribution in [2.75, 3.05) is 18.5 Å². The highest BCUT2D eigenvalue weighted by Gasteiger charge is 2.30. The maximum absolute atomic E-state index is 12.6. The van der Waals surface area contributed by atoms with Crippen molar-refractivity contribution < 1.29 is 19.4 Å². The number of carbonyl (C=O) groups is 2. The molecular weight excluding hydrogens is 503 g/mol. The van der Waals surface area contributed by atoms with E-state index >= 15 is 0 Å². The van der Waals surface area contributed by atoms with Gasteiger partial charge in [-0.25, -0.2) is 9.78 Å². The third-order valence-electron chi connectivity index (χ3n) is 6.76. The van der Waals surface area contributed by atoms with Gasteiger partial charge in [-0.2, -0.15) is 5.26 Å². The molecule has 1 saturated carbocycles. The molecule has 1 amide bonds. The highest BCUT2D eigenvalue weighted by molar-refractivity contribution is 6.40. The molecule has 1 aromatic carbocycles. The van der Waals surface area contributed by atoms with Gasteiger partial charge in [-0.05, 0) is 68.2 Å². The van der Waals surface area contributed by atoms with Crippen molar-refractivity contribution in [1.82, 2.24) is 10.3 Å². The Morgan fingerprint density at radius 1 is 1.28 bits per heavy atom. The first kappa shape index (κ1) is 26.2. The summed E-state index contributed by atoms with van der Waals surface area (Å²) in [5.41, 5.74) is 2.36. The van der Waals surface area contributed by atoms with E-state index in [1.54, 1.807) is 0 Å². The number of carbonyl (C=O) groups excluding carboxylic acids is 1. The van der Waals surface area contributed by atoms with Crippen molar-refractivity contribution in [2.24, 2.45) is 5.92 Å². The number of aliphatic carboxylic acids is 1. The SMILES string of the molecule is N#Cc1ccc(Cl)c(C(=O)N[C@@H](CCO[C@H]2C[C@@H](CCc3ccc4c(n3)NCCC4)C2)C(=O)O)c1Cl. The number of benzene rings is 1. The van der Waals surface area contributed by atoms with Gasteiger partial charge < -0.3 is 20.5 Å². The van der Waals surface area contributed by atoms with Gasteiger partial charge in [0.2, 0.25) is 0 Å². The number of hydrogen-bond acceptors (Lipinski definition) is 6. The maximum Gasteiger partial charge on any atom is 0.326 e. The molecule has 8 nitrogen and oxygen atoms in total. The summed E-state index contributed by atoms with van der Waals surface area (Å²) in [5.74, 6) is -0.346. The van der Waals surface area contributed by atoms with E-state index in [0.717, 1.165) is 56.6 Å². The van der Waals surface area contributed by atoms with Gasteiger partial charge in [0, 0.05) is 25.3 Å². The molecule has 1 aliphatic carbocycles. The van der Waals surface area contributed by atoms with E-state index in [1.165, 1.54) is 17.7 Å². The third kappa shape index (κ3) is 6.28. The number of pyridine rings is 1. The third-order valence-corrected chi connectivity index (χ3v) is 7.46. The van der Waals surface area contributed by atoms with Crippen LogP contribution in [0, 0.1) is 17.2 Å². The fraction of sp³-hybridized carbons (Fsp3) is 0.462. The first-order chi connectivity index (χ1) is 17.4. The standard InChI is InChI=1S/C26H28Cl2N4O4/c27-20-8-5-17(14-29)23(28)22(20)25(33)32-21(26(34)35)9-11-36-19-12-15(13-19)3-6-18-7-4-16-2-1-10-30-24(16)31-18/h4-5,7-8,15,19,21H,1-3,6,9-13H2,(H,30,31)(H,32,33)(H,34,35)/t15-,19+,21-/m0/s1. The Balaban J connectivity index is 1.19. The van der Waals surface area contributed by atoms with Crippen LogP contribution in [0.4, 0.5) is 5.82 Å². The van der Waals surface area contributed by atoms with Gasteiger partial charge >= 0.3 is 5.97 Å². The van der Waals surface area contributed by atoms with E-state index in [9.17, 15) is 14.7 Å². The van der Waals surface area contributed by atoms with Crippen LogP contribution in [0.1, 0.15) is 59.3 Å². The minimum absolute atomic E-state index is 0.0410. The average molecular weight is 531 g/mol.